The van der Waals surface area contributed by atoms with E-state index >= 15 is 0 Å². The highest BCUT2D eigenvalue weighted by Crippen LogP contribution is 2.50. The molecule has 2 heterocycles. The Labute approximate surface area is 203 Å². The molecule has 0 amide bonds. The number of para-hydroxylation sites is 7. The van der Waals surface area contributed by atoms with E-state index in [1.807, 2.05) is 48.5 Å². The number of ether oxygens (including phenoxy) is 1. The van der Waals surface area contributed by atoms with Gasteiger partial charge in [0.05, 0.1) is 22.4 Å². The molecule has 0 aliphatic carbocycles. The fourth-order valence-corrected chi connectivity index (χ4v) is 4.82. The van der Waals surface area contributed by atoms with Gasteiger partial charge >= 0.3 is 0 Å². The van der Waals surface area contributed by atoms with E-state index in [0.717, 1.165) is 56.7 Å². The van der Waals surface area contributed by atoms with E-state index < -0.39 is 0 Å². The van der Waals surface area contributed by atoms with Crippen LogP contribution < -0.4 is 9.64 Å². The van der Waals surface area contributed by atoms with Gasteiger partial charge in [0.15, 0.2) is 11.5 Å². The molecule has 7 rings (SSSR count). The van der Waals surface area contributed by atoms with Crippen LogP contribution in [-0.4, -0.2) is 9.55 Å². The number of rotatable bonds is 3. The number of nitrogens with zero attached hydrogens (tertiary/aromatic N) is 3. The molecule has 0 spiro atoms. The Bertz CT molecular complexity index is 1640. The molecule has 1 aliphatic heterocycles. The molecule has 0 unspecified atom stereocenters. The quantitative estimate of drug-likeness (QED) is 0.271. The van der Waals surface area contributed by atoms with Gasteiger partial charge in [-0.1, -0.05) is 66.7 Å². The fourth-order valence-electron chi connectivity index (χ4n) is 4.82. The Morgan fingerprint density at radius 3 is 1.94 bits per heavy atom. The van der Waals surface area contributed by atoms with Gasteiger partial charge in [-0.25, -0.2) is 4.98 Å². The number of aromatic nitrogens is 2. The minimum absolute atomic E-state index is 0.841. The molecule has 1 aliphatic rings. The van der Waals surface area contributed by atoms with E-state index in [9.17, 15) is 0 Å². The molecule has 4 nitrogen and oxygen atoms in total. The van der Waals surface area contributed by atoms with Crippen molar-refractivity contribution < 1.29 is 4.74 Å². The Hall–Kier alpha value is -4.83. The highest BCUT2D eigenvalue weighted by atomic mass is 16.5. The number of hydrogen-bond acceptors (Lipinski definition) is 3. The smallest absolute Gasteiger partial charge is 0.151 e. The van der Waals surface area contributed by atoms with Gasteiger partial charge in [0.2, 0.25) is 0 Å². The van der Waals surface area contributed by atoms with Gasteiger partial charge in [0, 0.05) is 16.9 Å². The topological polar surface area (TPSA) is 30.3 Å². The van der Waals surface area contributed by atoms with Crippen LogP contribution in [0.1, 0.15) is 0 Å². The van der Waals surface area contributed by atoms with Crippen LogP contribution in [0, 0.1) is 0 Å². The van der Waals surface area contributed by atoms with Crippen LogP contribution in [0.4, 0.5) is 17.1 Å². The van der Waals surface area contributed by atoms with Crippen molar-refractivity contribution in [1.82, 2.24) is 9.55 Å². The maximum Gasteiger partial charge on any atom is 0.151 e. The summed E-state index contributed by atoms with van der Waals surface area (Å²) in [6.07, 6.45) is 0. The summed E-state index contributed by atoms with van der Waals surface area (Å²) in [6.45, 7) is 0. The zero-order chi connectivity index (χ0) is 23.2. The van der Waals surface area contributed by atoms with Crippen LogP contribution in [0.2, 0.25) is 0 Å². The molecule has 0 saturated heterocycles. The van der Waals surface area contributed by atoms with Gasteiger partial charge in [-0.05, 0) is 60.7 Å². The summed E-state index contributed by atoms with van der Waals surface area (Å²) < 4.78 is 8.43. The summed E-state index contributed by atoms with van der Waals surface area (Å²) in [5.74, 6) is 2.59. The molecule has 4 heteroatoms. The summed E-state index contributed by atoms with van der Waals surface area (Å²) in [7, 11) is 0. The SMILES string of the molecule is c1ccc(-n2c(-c3cccc(N4c5ccccc5Oc5ccccc54)c3)nc3ccccc32)cc1. The first kappa shape index (κ1) is 19.6. The molecule has 0 fully saturated rings. The molecule has 0 saturated carbocycles. The molecule has 1 aromatic heterocycles. The Kier molecular flexibility index (Phi) is 4.42. The van der Waals surface area contributed by atoms with Gasteiger partial charge < -0.3 is 9.64 Å². The molecular weight excluding hydrogens is 430 g/mol. The number of fused-ring (bicyclic) bond motifs is 3. The number of imidazole rings is 1. The summed E-state index contributed by atoms with van der Waals surface area (Å²) >= 11 is 0. The van der Waals surface area contributed by atoms with Gasteiger partial charge in [0.25, 0.3) is 0 Å². The molecule has 0 N–H and O–H groups in total. The number of hydrogen-bond donors (Lipinski definition) is 0. The third-order valence-corrected chi connectivity index (χ3v) is 6.37. The van der Waals surface area contributed by atoms with E-state index in [4.69, 9.17) is 9.72 Å². The highest BCUT2D eigenvalue weighted by Gasteiger charge is 2.25. The van der Waals surface area contributed by atoms with Crippen molar-refractivity contribution in [3.05, 3.63) is 127 Å². The number of benzene rings is 5. The van der Waals surface area contributed by atoms with Crippen molar-refractivity contribution in [2.45, 2.75) is 0 Å². The average molecular weight is 452 g/mol. The van der Waals surface area contributed by atoms with Gasteiger partial charge in [-0.3, -0.25) is 4.57 Å². The van der Waals surface area contributed by atoms with Crippen molar-refractivity contribution in [2.75, 3.05) is 4.90 Å². The molecule has 35 heavy (non-hydrogen) atoms. The van der Waals surface area contributed by atoms with Crippen molar-refractivity contribution in [1.29, 1.82) is 0 Å². The molecule has 0 radical (unpaired) electrons. The van der Waals surface area contributed by atoms with E-state index in [2.05, 4.69) is 88.3 Å². The van der Waals surface area contributed by atoms with Crippen LogP contribution >= 0.6 is 0 Å². The molecular formula is C31H21N3O. The fraction of sp³-hybridized carbons (Fsp3) is 0. The lowest BCUT2D eigenvalue weighted by atomic mass is 10.1. The predicted octanol–water partition coefficient (Wildman–Crippen LogP) is 8.27. The first-order chi connectivity index (χ1) is 17.4. The minimum Gasteiger partial charge on any atom is -0.453 e. The largest absolute Gasteiger partial charge is 0.453 e. The lowest BCUT2D eigenvalue weighted by molar-refractivity contribution is 0.477. The van der Waals surface area contributed by atoms with Gasteiger partial charge in [0.1, 0.15) is 5.82 Å². The molecule has 0 bridgehead atoms. The molecule has 6 aromatic rings. The summed E-state index contributed by atoms with van der Waals surface area (Å²) in [5.41, 5.74) is 7.27. The third kappa shape index (κ3) is 3.19. The van der Waals surface area contributed by atoms with E-state index in [-0.39, 0.29) is 0 Å². The lowest BCUT2D eigenvalue weighted by Crippen LogP contribution is -2.15. The van der Waals surface area contributed by atoms with Crippen molar-refractivity contribution in [3.63, 3.8) is 0 Å². The average Bonchev–Trinajstić information content (AvgIpc) is 3.32. The first-order valence-corrected chi connectivity index (χ1v) is 11.7. The highest BCUT2D eigenvalue weighted by molar-refractivity contribution is 5.88. The van der Waals surface area contributed by atoms with Crippen LogP contribution in [-0.2, 0) is 0 Å². The van der Waals surface area contributed by atoms with Crippen LogP contribution in [0.5, 0.6) is 11.5 Å². The summed E-state index contributed by atoms with van der Waals surface area (Å²) in [5, 5.41) is 0. The third-order valence-electron chi connectivity index (χ3n) is 6.37. The predicted molar refractivity (Wildman–Crippen MR) is 141 cm³/mol. The monoisotopic (exact) mass is 451 g/mol. The number of anilines is 3. The second-order valence-electron chi connectivity index (χ2n) is 8.52. The Morgan fingerprint density at radius 1 is 0.543 bits per heavy atom. The summed E-state index contributed by atoms with van der Waals surface area (Å²) in [4.78, 5) is 7.31. The van der Waals surface area contributed by atoms with Crippen molar-refractivity contribution in [2.24, 2.45) is 0 Å². The minimum atomic E-state index is 0.841. The zero-order valence-corrected chi connectivity index (χ0v) is 18.9. The van der Waals surface area contributed by atoms with E-state index in [1.165, 1.54) is 0 Å². The normalized spacial score (nSPS) is 12.2. The first-order valence-electron chi connectivity index (χ1n) is 11.7. The lowest BCUT2D eigenvalue weighted by Gasteiger charge is -2.32. The summed E-state index contributed by atoms with van der Waals surface area (Å²) in [6, 6.07) is 43.6. The Morgan fingerprint density at radius 2 is 1.17 bits per heavy atom. The van der Waals surface area contributed by atoms with Crippen LogP contribution in [0.3, 0.4) is 0 Å². The van der Waals surface area contributed by atoms with Crippen LogP contribution in [0.15, 0.2) is 127 Å². The van der Waals surface area contributed by atoms with Crippen LogP contribution in [0.25, 0.3) is 28.1 Å². The standard InChI is InChI=1S/C31H21N3O/c1-2-12-23(13-3-1)34-26-16-5-4-15-25(26)32-31(34)22-11-10-14-24(21-22)33-27-17-6-8-19-29(27)35-30-20-9-7-18-28(30)33/h1-21H. The van der Waals surface area contributed by atoms with Crippen molar-refractivity contribution in [3.8, 4) is 28.6 Å². The molecule has 5 aromatic carbocycles. The second kappa shape index (κ2) is 7.89. The maximum absolute atomic E-state index is 6.20. The molecule has 166 valence electrons. The second-order valence-corrected chi connectivity index (χ2v) is 8.52. The maximum atomic E-state index is 6.20. The van der Waals surface area contributed by atoms with Gasteiger partial charge in [-0.15, -0.1) is 0 Å². The molecule has 0 atom stereocenters. The Balaban J connectivity index is 1.44. The zero-order valence-electron chi connectivity index (χ0n) is 18.9. The van der Waals surface area contributed by atoms with Crippen molar-refractivity contribution >= 4 is 28.1 Å². The van der Waals surface area contributed by atoms with E-state index in [0.29, 0.717) is 0 Å². The van der Waals surface area contributed by atoms with E-state index in [1.54, 1.807) is 0 Å². The van der Waals surface area contributed by atoms with Gasteiger partial charge in [-0.2, -0.15) is 0 Å².